The lowest BCUT2D eigenvalue weighted by molar-refractivity contribution is -0.131. The highest BCUT2D eigenvalue weighted by molar-refractivity contribution is 5.80. The molecule has 0 aromatic rings. The lowest BCUT2D eigenvalue weighted by Crippen LogP contribution is -2.22. The summed E-state index contributed by atoms with van der Waals surface area (Å²) < 4.78 is 5.41. The number of methoxy groups -OCH3 is 1. The molecule has 0 radical (unpaired) electrons. The van der Waals surface area contributed by atoms with Crippen LogP contribution >= 0.6 is 0 Å². The summed E-state index contributed by atoms with van der Waals surface area (Å²) in [5.41, 5.74) is 0.945. The van der Waals surface area contributed by atoms with Crippen LogP contribution in [0.4, 0.5) is 0 Å². The van der Waals surface area contributed by atoms with E-state index in [2.05, 4.69) is 20.8 Å². The number of allylic oxidation sites excluding steroid dienone is 1. The zero-order chi connectivity index (χ0) is 14.9. The van der Waals surface area contributed by atoms with Crippen LogP contribution in [-0.2, 0) is 9.53 Å². The molecular weight excluding hydrogens is 240 g/mol. The fourth-order valence-corrected chi connectivity index (χ4v) is 2.13. The lowest BCUT2D eigenvalue weighted by atomic mass is 9.93. The molecule has 0 aromatic carbocycles. The summed E-state index contributed by atoms with van der Waals surface area (Å²) in [5, 5.41) is 8.62. The van der Waals surface area contributed by atoms with Crippen molar-refractivity contribution < 1.29 is 14.6 Å². The fraction of sp³-hybridized carbons (Fsp3) is 0.812. The van der Waals surface area contributed by atoms with Crippen LogP contribution in [0.15, 0.2) is 11.6 Å². The van der Waals surface area contributed by atoms with Gasteiger partial charge in [0.25, 0.3) is 0 Å². The molecule has 19 heavy (non-hydrogen) atoms. The number of carbonyl (C=O) groups is 1. The zero-order valence-electron chi connectivity index (χ0n) is 13.2. The summed E-state index contributed by atoms with van der Waals surface area (Å²) in [6, 6.07) is 0. The summed E-state index contributed by atoms with van der Waals surface area (Å²) in [6.45, 7) is 8.41. The molecule has 0 aliphatic rings. The number of carboxylic acids is 1. The van der Waals surface area contributed by atoms with Crippen molar-refractivity contribution in [1.82, 2.24) is 0 Å². The SMILES string of the molecule is COC(C)(C)CCCC(C)CCC/C(C)=C/C(=O)O. The molecule has 0 amide bonds. The van der Waals surface area contributed by atoms with Crippen molar-refractivity contribution in [3.8, 4) is 0 Å². The number of rotatable bonds is 10. The second kappa shape index (κ2) is 9.13. The molecule has 0 heterocycles. The quantitative estimate of drug-likeness (QED) is 0.598. The highest BCUT2D eigenvalue weighted by Crippen LogP contribution is 2.22. The van der Waals surface area contributed by atoms with E-state index in [9.17, 15) is 4.79 Å². The Morgan fingerprint density at radius 1 is 1.32 bits per heavy atom. The van der Waals surface area contributed by atoms with Crippen LogP contribution in [0, 0.1) is 5.92 Å². The number of carboxylic acid groups (broad SMARTS) is 1. The highest BCUT2D eigenvalue weighted by atomic mass is 16.5. The van der Waals surface area contributed by atoms with Crippen molar-refractivity contribution in [3.05, 3.63) is 11.6 Å². The molecule has 3 heteroatoms. The Balaban J connectivity index is 3.71. The first-order valence-electron chi connectivity index (χ1n) is 7.22. The molecule has 0 aliphatic heterocycles. The number of aliphatic carboxylic acids is 1. The maximum absolute atomic E-state index is 10.5. The Morgan fingerprint density at radius 2 is 1.89 bits per heavy atom. The van der Waals surface area contributed by atoms with Crippen molar-refractivity contribution >= 4 is 5.97 Å². The van der Waals surface area contributed by atoms with Gasteiger partial charge < -0.3 is 9.84 Å². The molecule has 0 aliphatic carbocycles. The van der Waals surface area contributed by atoms with Crippen molar-refractivity contribution in [1.29, 1.82) is 0 Å². The minimum Gasteiger partial charge on any atom is -0.478 e. The first kappa shape index (κ1) is 18.2. The van der Waals surface area contributed by atoms with Gasteiger partial charge in [0.05, 0.1) is 5.60 Å². The Hall–Kier alpha value is -0.830. The third kappa shape index (κ3) is 10.8. The molecule has 0 rings (SSSR count). The second-order valence-corrected chi connectivity index (χ2v) is 6.18. The summed E-state index contributed by atoms with van der Waals surface area (Å²) >= 11 is 0. The van der Waals surface area contributed by atoms with Gasteiger partial charge in [0, 0.05) is 13.2 Å². The summed E-state index contributed by atoms with van der Waals surface area (Å²) in [5.74, 6) is -0.141. The monoisotopic (exact) mass is 270 g/mol. The van der Waals surface area contributed by atoms with Gasteiger partial charge in [0.15, 0.2) is 0 Å². The van der Waals surface area contributed by atoms with E-state index in [-0.39, 0.29) is 5.60 Å². The average Bonchev–Trinajstić information content (AvgIpc) is 2.27. The van der Waals surface area contributed by atoms with E-state index in [1.807, 2.05) is 6.92 Å². The molecule has 112 valence electrons. The maximum Gasteiger partial charge on any atom is 0.328 e. The molecule has 0 bridgehead atoms. The van der Waals surface area contributed by atoms with Crippen molar-refractivity contribution in [2.24, 2.45) is 5.92 Å². The maximum atomic E-state index is 10.5. The number of hydrogen-bond donors (Lipinski definition) is 1. The Morgan fingerprint density at radius 3 is 2.42 bits per heavy atom. The Bertz CT molecular complexity index is 292. The number of hydrogen-bond acceptors (Lipinski definition) is 2. The second-order valence-electron chi connectivity index (χ2n) is 6.18. The standard InChI is InChI=1S/C16H30O3/c1-13(10-7-11-16(3,4)19-5)8-6-9-14(2)12-15(17)18/h12-13H,6-11H2,1-5H3,(H,17,18)/b14-12+. The molecule has 0 fully saturated rings. The fourth-order valence-electron chi connectivity index (χ4n) is 2.13. The molecule has 1 atom stereocenters. The van der Waals surface area contributed by atoms with E-state index in [1.54, 1.807) is 7.11 Å². The first-order chi connectivity index (χ1) is 8.76. The van der Waals surface area contributed by atoms with Gasteiger partial charge in [-0.25, -0.2) is 4.79 Å². The van der Waals surface area contributed by atoms with Crippen LogP contribution in [0.25, 0.3) is 0 Å². The van der Waals surface area contributed by atoms with Crippen LogP contribution in [-0.4, -0.2) is 23.8 Å². The zero-order valence-corrected chi connectivity index (χ0v) is 13.2. The summed E-state index contributed by atoms with van der Waals surface area (Å²) in [6.07, 6.45) is 7.93. The van der Waals surface area contributed by atoms with Gasteiger partial charge >= 0.3 is 5.97 Å². The summed E-state index contributed by atoms with van der Waals surface area (Å²) in [7, 11) is 1.76. The normalized spacial score (nSPS) is 14.5. The van der Waals surface area contributed by atoms with E-state index in [1.165, 1.54) is 18.9 Å². The van der Waals surface area contributed by atoms with Gasteiger partial charge in [-0.1, -0.05) is 31.8 Å². The van der Waals surface area contributed by atoms with Crippen LogP contribution in [0.3, 0.4) is 0 Å². The summed E-state index contributed by atoms with van der Waals surface area (Å²) in [4.78, 5) is 10.5. The molecule has 0 aromatic heterocycles. The van der Waals surface area contributed by atoms with Gasteiger partial charge in [-0.2, -0.15) is 0 Å². The molecule has 1 unspecified atom stereocenters. The van der Waals surface area contributed by atoms with Crippen LogP contribution in [0.5, 0.6) is 0 Å². The predicted molar refractivity (Wildman–Crippen MR) is 79.3 cm³/mol. The van der Waals surface area contributed by atoms with Crippen molar-refractivity contribution in [2.75, 3.05) is 7.11 Å². The smallest absolute Gasteiger partial charge is 0.328 e. The van der Waals surface area contributed by atoms with Gasteiger partial charge in [0.2, 0.25) is 0 Å². The largest absolute Gasteiger partial charge is 0.478 e. The van der Waals surface area contributed by atoms with E-state index >= 15 is 0 Å². The Labute approximate surface area is 118 Å². The van der Waals surface area contributed by atoms with Gasteiger partial charge in [0.1, 0.15) is 0 Å². The minimum atomic E-state index is -0.840. The highest BCUT2D eigenvalue weighted by Gasteiger charge is 2.16. The molecule has 0 spiro atoms. The molecule has 1 N–H and O–H groups in total. The third-order valence-electron chi connectivity index (χ3n) is 3.67. The topological polar surface area (TPSA) is 46.5 Å². The van der Waals surface area contributed by atoms with Gasteiger partial charge in [-0.3, -0.25) is 0 Å². The van der Waals surface area contributed by atoms with Crippen LogP contribution in [0.1, 0.15) is 66.2 Å². The van der Waals surface area contributed by atoms with E-state index in [0.717, 1.165) is 31.3 Å². The first-order valence-corrected chi connectivity index (χ1v) is 7.22. The molecule has 0 saturated heterocycles. The average molecular weight is 270 g/mol. The van der Waals surface area contributed by atoms with E-state index in [4.69, 9.17) is 9.84 Å². The van der Waals surface area contributed by atoms with Crippen molar-refractivity contribution in [3.63, 3.8) is 0 Å². The molecule has 0 saturated carbocycles. The predicted octanol–water partition coefficient (Wildman–Crippen LogP) is 4.42. The third-order valence-corrected chi connectivity index (χ3v) is 3.67. The Kier molecular flexibility index (Phi) is 8.73. The van der Waals surface area contributed by atoms with E-state index < -0.39 is 5.97 Å². The van der Waals surface area contributed by atoms with Gasteiger partial charge in [-0.15, -0.1) is 0 Å². The van der Waals surface area contributed by atoms with Crippen LogP contribution in [0.2, 0.25) is 0 Å². The van der Waals surface area contributed by atoms with Gasteiger partial charge in [-0.05, 0) is 46.0 Å². The minimum absolute atomic E-state index is 0.0134. The molecular formula is C16H30O3. The van der Waals surface area contributed by atoms with Crippen molar-refractivity contribution in [2.45, 2.75) is 71.8 Å². The van der Waals surface area contributed by atoms with E-state index in [0.29, 0.717) is 5.92 Å². The molecule has 3 nitrogen and oxygen atoms in total. The van der Waals surface area contributed by atoms with Crippen LogP contribution < -0.4 is 0 Å². The lowest BCUT2D eigenvalue weighted by Gasteiger charge is -2.23. The number of ether oxygens (including phenoxy) is 1.